The van der Waals surface area contributed by atoms with Crippen LogP contribution < -0.4 is 5.73 Å². The molecule has 0 aliphatic rings. The van der Waals surface area contributed by atoms with Crippen molar-refractivity contribution in [2.75, 3.05) is 0 Å². The molecule has 2 rings (SSSR count). The molecular weight excluding hydrogens is 282 g/mol. The topological polar surface area (TPSA) is 57.0 Å². The molecule has 0 aromatic carbocycles. The Bertz CT molecular complexity index is 490. The van der Waals surface area contributed by atoms with Crippen LogP contribution in [0, 0.1) is 6.92 Å². The monoisotopic (exact) mass is 297 g/mol. The smallest absolute Gasteiger partial charge is 0.120 e. The molecule has 0 aliphatic carbocycles. The maximum atomic E-state index is 6.12. The van der Waals surface area contributed by atoms with E-state index in [2.05, 4.69) is 28.0 Å². The molecule has 0 spiro atoms. The predicted octanol–water partition coefficient (Wildman–Crippen LogP) is 2.81. The van der Waals surface area contributed by atoms with Crippen molar-refractivity contribution in [1.82, 2.24) is 9.78 Å². The molecule has 0 amide bonds. The lowest BCUT2D eigenvalue weighted by molar-refractivity contribution is 0.456. The zero-order valence-corrected chi connectivity index (χ0v) is 11.6. The number of nitrogens with two attached hydrogens (primary N) is 1. The Morgan fingerprint density at radius 3 is 2.94 bits per heavy atom. The lowest BCUT2D eigenvalue weighted by atomic mass is 10.1. The molecule has 0 fully saturated rings. The van der Waals surface area contributed by atoms with E-state index in [1.807, 2.05) is 23.7 Å². The number of rotatable bonds is 4. The number of hydrogen-bond acceptors (Lipinski definition) is 3. The van der Waals surface area contributed by atoms with E-state index in [0.717, 1.165) is 28.2 Å². The summed E-state index contributed by atoms with van der Waals surface area (Å²) in [5.74, 6) is 0.804. The molecule has 0 saturated heterocycles. The van der Waals surface area contributed by atoms with Gasteiger partial charge in [0.05, 0.1) is 28.2 Å². The summed E-state index contributed by atoms with van der Waals surface area (Å²) in [4.78, 5) is 0. The lowest BCUT2D eigenvalue weighted by Crippen LogP contribution is -2.15. The summed E-state index contributed by atoms with van der Waals surface area (Å²) < 4.78 is 8.34. The minimum absolute atomic E-state index is 0.136. The van der Waals surface area contributed by atoms with Crippen LogP contribution in [0.4, 0.5) is 0 Å². The summed E-state index contributed by atoms with van der Waals surface area (Å²) in [5.41, 5.74) is 8.23. The normalized spacial score (nSPS) is 12.9. The number of aryl methyl sites for hydroxylation is 2. The first-order valence-corrected chi connectivity index (χ1v) is 6.43. The van der Waals surface area contributed by atoms with Crippen LogP contribution in [-0.2, 0) is 13.0 Å². The van der Waals surface area contributed by atoms with Crippen LogP contribution in [0.5, 0.6) is 0 Å². The third-order valence-electron chi connectivity index (χ3n) is 2.77. The SMILES string of the molecule is CCn1nc(C)c(Br)c1CC(N)c1ccco1. The van der Waals surface area contributed by atoms with Crippen molar-refractivity contribution in [3.63, 3.8) is 0 Å². The molecule has 4 nitrogen and oxygen atoms in total. The van der Waals surface area contributed by atoms with Crippen LogP contribution in [0.2, 0.25) is 0 Å². The second kappa shape index (κ2) is 5.06. The van der Waals surface area contributed by atoms with Crippen LogP contribution in [0.3, 0.4) is 0 Å². The van der Waals surface area contributed by atoms with Gasteiger partial charge in [0.1, 0.15) is 5.76 Å². The Morgan fingerprint density at radius 2 is 2.35 bits per heavy atom. The van der Waals surface area contributed by atoms with Gasteiger partial charge in [-0.25, -0.2) is 0 Å². The largest absolute Gasteiger partial charge is 0.468 e. The van der Waals surface area contributed by atoms with E-state index in [9.17, 15) is 0 Å². The predicted molar refractivity (Wildman–Crippen MR) is 69.7 cm³/mol. The molecular formula is C12H16BrN3O. The van der Waals surface area contributed by atoms with Gasteiger partial charge in [-0.3, -0.25) is 4.68 Å². The standard InChI is InChI=1S/C12H16BrN3O/c1-3-16-10(12(13)8(2)15-16)7-9(14)11-5-4-6-17-11/h4-6,9H,3,7,14H2,1-2H3. The summed E-state index contributed by atoms with van der Waals surface area (Å²) in [7, 11) is 0. The fourth-order valence-electron chi connectivity index (χ4n) is 1.88. The van der Waals surface area contributed by atoms with Crippen LogP contribution in [0.15, 0.2) is 27.3 Å². The zero-order chi connectivity index (χ0) is 12.4. The summed E-state index contributed by atoms with van der Waals surface area (Å²) in [6.45, 7) is 4.89. The molecule has 2 N–H and O–H groups in total. The molecule has 2 heterocycles. The van der Waals surface area contributed by atoms with Crippen LogP contribution in [-0.4, -0.2) is 9.78 Å². The maximum absolute atomic E-state index is 6.12. The van der Waals surface area contributed by atoms with Crippen molar-refractivity contribution in [2.45, 2.75) is 32.9 Å². The Kier molecular flexibility index (Phi) is 3.69. The second-order valence-corrected chi connectivity index (χ2v) is 4.78. The van der Waals surface area contributed by atoms with E-state index in [-0.39, 0.29) is 6.04 Å². The number of halogens is 1. The highest BCUT2D eigenvalue weighted by atomic mass is 79.9. The first-order valence-electron chi connectivity index (χ1n) is 5.64. The molecule has 0 saturated carbocycles. The molecule has 1 unspecified atom stereocenters. The van der Waals surface area contributed by atoms with Crippen molar-refractivity contribution in [3.8, 4) is 0 Å². The van der Waals surface area contributed by atoms with Gasteiger partial charge in [0.25, 0.3) is 0 Å². The van der Waals surface area contributed by atoms with Gasteiger partial charge < -0.3 is 10.2 Å². The van der Waals surface area contributed by atoms with E-state index in [1.165, 1.54) is 0 Å². The molecule has 17 heavy (non-hydrogen) atoms. The highest BCUT2D eigenvalue weighted by Gasteiger charge is 2.17. The first-order chi connectivity index (χ1) is 8.13. The van der Waals surface area contributed by atoms with Gasteiger partial charge in [-0.1, -0.05) is 0 Å². The highest BCUT2D eigenvalue weighted by molar-refractivity contribution is 9.10. The van der Waals surface area contributed by atoms with Gasteiger partial charge in [0, 0.05) is 13.0 Å². The Morgan fingerprint density at radius 1 is 1.59 bits per heavy atom. The Hall–Kier alpha value is -1.07. The Labute approximate surface area is 109 Å². The van der Waals surface area contributed by atoms with Gasteiger partial charge in [0.15, 0.2) is 0 Å². The van der Waals surface area contributed by atoms with Gasteiger partial charge in [-0.2, -0.15) is 5.10 Å². The van der Waals surface area contributed by atoms with Crippen LogP contribution in [0.1, 0.15) is 30.1 Å². The summed E-state index contributed by atoms with van der Waals surface area (Å²) in [6.07, 6.45) is 2.36. The van der Waals surface area contributed by atoms with E-state index in [4.69, 9.17) is 10.2 Å². The minimum atomic E-state index is -0.136. The molecule has 1 atom stereocenters. The van der Waals surface area contributed by atoms with Gasteiger partial charge in [0.2, 0.25) is 0 Å². The summed E-state index contributed by atoms with van der Waals surface area (Å²) in [5, 5.41) is 4.45. The molecule has 2 aromatic heterocycles. The van der Waals surface area contributed by atoms with Crippen molar-refractivity contribution in [2.24, 2.45) is 5.73 Å². The molecule has 2 aromatic rings. The molecule has 0 bridgehead atoms. The highest BCUT2D eigenvalue weighted by Crippen LogP contribution is 2.25. The molecule has 0 radical (unpaired) electrons. The number of hydrogen-bond donors (Lipinski definition) is 1. The van der Waals surface area contributed by atoms with E-state index < -0.39 is 0 Å². The van der Waals surface area contributed by atoms with Crippen molar-refractivity contribution >= 4 is 15.9 Å². The van der Waals surface area contributed by atoms with E-state index in [1.54, 1.807) is 6.26 Å². The van der Waals surface area contributed by atoms with Crippen molar-refractivity contribution < 1.29 is 4.42 Å². The molecule has 5 heteroatoms. The fraction of sp³-hybridized carbons (Fsp3) is 0.417. The molecule has 92 valence electrons. The van der Waals surface area contributed by atoms with Gasteiger partial charge in [-0.15, -0.1) is 0 Å². The summed E-state index contributed by atoms with van der Waals surface area (Å²) in [6, 6.07) is 3.62. The van der Waals surface area contributed by atoms with E-state index in [0.29, 0.717) is 6.42 Å². The lowest BCUT2D eigenvalue weighted by Gasteiger charge is -2.10. The number of nitrogens with zero attached hydrogens (tertiary/aromatic N) is 2. The van der Waals surface area contributed by atoms with Crippen LogP contribution >= 0.6 is 15.9 Å². The number of aromatic nitrogens is 2. The number of furan rings is 1. The quantitative estimate of drug-likeness (QED) is 0.944. The first kappa shape index (κ1) is 12.4. The van der Waals surface area contributed by atoms with Gasteiger partial charge >= 0.3 is 0 Å². The third-order valence-corrected chi connectivity index (χ3v) is 3.81. The van der Waals surface area contributed by atoms with E-state index >= 15 is 0 Å². The minimum Gasteiger partial charge on any atom is -0.468 e. The zero-order valence-electron chi connectivity index (χ0n) is 9.98. The van der Waals surface area contributed by atoms with Crippen molar-refractivity contribution in [1.29, 1.82) is 0 Å². The average molecular weight is 298 g/mol. The third kappa shape index (κ3) is 2.45. The van der Waals surface area contributed by atoms with Crippen LogP contribution in [0.25, 0.3) is 0 Å². The Balaban J connectivity index is 2.24. The van der Waals surface area contributed by atoms with Gasteiger partial charge in [-0.05, 0) is 41.9 Å². The fourth-order valence-corrected chi connectivity index (χ4v) is 2.32. The second-order valence-electron chi connectivity index (χ2n) is 3.99. The van der Waals surface area contributed by atoms with Crippen molar-refractivity contribution in [3.05, 3.63) is 40.0 Å². The summed E-state index contributed by atoms with van der Waals surface area (Å²) >= 11 is 3.56. The maximum Gasteiger partial charge on any atom is 0.120 e. The average Bonchev–Trinajstić information content (AvgIpc) is 2.92. The molecule has 0 aliphatic heterocycles.